The van der Waals surface area contributed by atoms with E-state index >= 15 is 0 Å². The quantitative estimate of drug-likeness (QED) is 0.378. The van der Waals surface area contributed by atoms with Crippen molar-refractivity contribution < 1.29 is 22.7 Å². The van der Waals surface area contributed by atoms with E-state index in [1.807, 2.05) is 0 Å². The molecule has 2 aromatic rings. The highest BCUT2D eigenvalue weighted by Crippen LogP contribution is 2.25. The molecule has 11 heteroatoms. The van der Waals surface area contributed by atoms with Crippen LogP contribution in [0.1, 0.15) is 51.0 Å². The number of hydrogen-bond donors (Lipinski definition) is 1. The summed E-state index contributed by atoms with van der Waals surface area (Å²) in [5, 5.41) is 3.94. The topological polar surface area (TPSA) is 96.0 Å². The summed E-state index contributed by atoms with van der Waals surface area (Å²) >= 11 is 12.4. The molecular formula is C27H35Cl2N3O5S. The van der Waals surface area contributed by atoms with Crippen molar-refractivity contribution in [2.24, 2.45) is 0 Å². The van der Waals surface area contributed by atoms with Crippen LogP contribution < -0.4 is 14.4 Å². The third kappa shape index (κ3) is 8.25. The third-order valence-corrected chi connectivity index (χ3v) is 8.52. The number of methoxy groups -OCH3 is 1. The summed E-state index contributed by atoms with van der Waals surface area (Å²) < 4.78 is 31.4. The van der Waals surface area contributed by atoms with Gasteiger partial charge in [-0.05, 0) is 68.1 Å². The summed E-state index contributed by atoms with van der Waals surface area (Å²) in [6.07, 6.45) is 5.46. The van der Waals surface area contributed by atoms with Gasteiger partial charge in [-0.2, -0.15) is 0 Å². The molecule has 208 valence electrons. The van der Waals surface area contributed by atoms with Crippen LogP contribution in [-0.4, -0.2) is 57.1 Å². The van der Waals surface area contributed by atoms with Gasteiger partial charge in [-0.15, -0.1) is 0 Å². The normalized spacial score (nSPS) is 14.7. The Morgan fingerprint density at radius 2 is 1.76 bits per heavy atom. The number of carbonyl (C=O) groups is 2. The molecule has 0 aliphatic heterocycles. The van der Waals surface area contributed by atoms with Gasteiger partial charge in [-0.3, -0.25) is 13.9 Å². The fourth-order valence-corrected chi connectivity index (χ4v) is 5.99. The smallest absolute Gasteiger partial charge is 0.242 e. The molecule has 0 unspecified atom stereocenters. The van der Waals surface area contributed by atoms with Crippen molar-refractivity contribution in [3.8, 4) is 5.75 Å². The Kier molecular flexibility index (Phi) is 10.7. The van der Waals surface area contributed by atoms with Crippen molar-refractivity contribution in [1.82, 2.24) is 10.2 Å². The second kappa shape index (κ2) is 13.5. The minimum Gasteiger partial charge on any atom is -0.497 e. The van der Waals surface area contributed by atoms with E-state index < -0.39 is 16.1 Å². The molecule has 1 aliphatic rings. The number of nitrogens with zero attached hydrogens (tertiary/aromatic N) is 2. The van der Waals surface area contributed by atoms with Crippen molar-refractivity contribution in [3.63, 3.8) is 0 Å². The maximum atomic E-state index is 13.5. The predicted octanol–water partition coefficient (Wildman–Crippen LogP) is 5.02. The standard InChI is InChI=1S/C27H35Cl2N3O5S/c1-19(27(34)30-22-7-4-5-8-22)31(18-20-10-11-21(28)17-25(20)29)26(33)9-6-16-32(38(3,35)36)23-12-14-24(37-2)15-13-23/h10-15,17,19,22H,4-9,16,18H2,1-3H3,(H,30,34)/t19-/m1/s1. The van der Waals surface area contributed by atoms with E-state index in [0.717, 1.165) is 31.9 Å². The van der Waals surface area contributed by atoms with Gasteiger partial charge in [0.05, 0.1) is 19.1 Å². The first kappa shape index (κ1) is 30.1. The first-order valence-electron chi connectivity index (χ1n) is 12.6. The van der Waals surface area contributed by atoms with E-state index in [2.05, 4.69) is 5.32 Å². The second-order valence-corrected chi connectivity index (χ2v) is 12.3. The fraction of sp³-hybridized carbons (Fsp3) is 0.481. The zero-order valence-electron chi connectivity index (χ0n) is 22.0. The van der Waals surface area contributed by atoms with Gasteiger partial charge in [0.2, 0.25) is 21.8 Å². The Bertz CT molecular complexity index is 1220. The van der Waals surface area contributed by atoms with Gasteiger partial charge in [0.1, 0.15) is 11.8 Å². The van der Waals surface area contributed by atoms with Gasteiger partial charge in [0.15, 0.2) is 0 Å². The number of sulfonamides is 1. The molecule has 0 aromatic heterocycles. The molecule has 38 heavy (non-hydrogen) atoms. The minimum atomic E-state index is -3.58. The Hall–Kier alpha value is -2.49. The Balaban J connectivity index is 1.73. The lowest BCUT2D eigenvalue weighted by atomic mass is 10.1. The lowest BCUT2D eigenvalue weighted by Gasteiger charge is -2.30. The largest absolute Gasteiger partial charge is 0.497 e. The maximum absolute atomic E-state index is 13.5. The second-order valence-electron chi connectivity index (χ2n) is 9.56. The van der Waals surface area contributed by atoms with E-state index in [9.17, 15) is 18.0 Å². The molecule has 2 aromatic carbocycles. The van der Waals surface area contributed by atoms with Crippen LogP contribution in [0.2, 0.25) is 10.0 Å². The molecule has 0 bridgehead atoms. The fourth-order valence-electron chi connectivity index (χ4n) is 4.56. The molecule has 0 spiro atoms. The molecule has 0 saturated heterocycles. The summed E-state index contributed by atoms with van der Waals surface area (Å²) in [7, 11) is -2.05. The first-order valence-corrected chi connectivity index (χ1v) is 15.3. The van der Waals surface area contributed by atoms with Crippen molar-refractivity contribution >= 4 is 50.7 Å². The van der Waals surface area contributed by atoms with E-state index in [0.29, 0.717) is 27.0 Å². The SMILES string of the molecule is COc1ccc(N(CCCC(=O)N(Cc2ccc(Cl)cc2Cl)[C@H](C)C(=O)NC2CCCC2)S(C)(=O)=O)cc1. The number of hydrogen-bond acceptors (Lipinski definition) is 5. The van der Waals surface area contributed by atoms with Crippen LogP contribution in [0, 0.1) is 0 Å². The van der Waals surface area contributed by atoms with Crippen LogP contribution in [0.25, 0.3) is 0 Å². The molecule has 0 radical (unpaired) electrons. The van der Waals surface area contributed by atoms with Crippen LogP contribution in [0.15, 0.2) is 42.5 Å². The van der Waals surface area contributed by atoms with E-state index in [-0.39, 0.29) is 43.8 Å². The number of nitrogens with one attached hydrogen (secondary N) is 1. The molecule has 0 heterocycles. The molecule has 1 saturated carbocycles. The number of halogens is 2. The number of amides is 2. The van der Waals surface area contributed by atoms with Crippen molar-refractivity contribution in [2.45, 2.75) is 64.1 Å². The minimum absolute atomic E-state index is 0.0500. The summed E-state index contributed by atoms with van der Waals surface area (Å²) in [5.74, 6) is 0.123. The highest BCUT2D eigenvalue weighted by molar-refractivity contribution is 7.92. The van der Waals surface area contributed by atoms with E-state index in [1.54, 1.807) is 49.4 Å². The van der Waals surface area contributed by atoms with Gasteiger partial charge in [-0.1, -0.05) is 42.1 Å². The van der Waals surface area contributed by atoms with Crippen LogP contribution in [0.3, 0.4) is 0 Å². The highest BCUT2D eigenvalue weighted by atomic mass is 35.5. The Labute approximate surface area is 235 Å². The van der Waals surface area contributed by atoms with E-state index in [1.165, 1.54) is 16.3 Å². The van der Waals surface area contributed by atoms with Crippen LogP contribution >= 0.6 is 23.2 Å². The monoisotopic (exact) mass is 583 g/mol. The number of benzene rings is 2. The molecule has 2 amide bonds. The van der Waals surface area contributed by atoms with Gasteiger partial charge in [0.25, 0.3) is 0 Å². The summed E-state index contributed by atoms with van der Waals surface area (Å²) in [4.78, 5) is 28.0. The number of anilines is 1. The predicted molar refractivity (Wildman–Crippen MR) is 151 cm³/mol. The molecular weight excluding hydrogens is 549 g/mol. The summed E-state index contributed by atoms with van der Waals surface area (Å²) in [6, 6.07) is 11.1. The van der Waals surface area contributed by atoms with Crippen LogP contribution in [0.4, 0.5) is 5.69 Å². The zero-order chi connectivity index (χ0) is 27.9. The molecule has 8 nitrogen and oxygen atoms in total. The molecule has 3 rings (SSSR count). The van der Waals surface area contributed by atoms with Crippen LogP contribution in [0.5, 0.6) is 5.75 Å². The summed E-state index contributed by atoms with van der Waals surface area (Å²) in [6.45, 7) is 1.93. The first-order chi connectivity index (χ1) is 18.0. The Morgan fingerprint density at radius 3 is 2.34 bits per heavy atom. The lowest BCUT2D eigenvalue weighted by Crippen LogP contribution is -2.49. The van der Waals surface area contributed by atoms with Gasteiger partial charge in [0, 0.05) is 35.6 Å². The number of rotatable bonds is 12. The zero-order valence-corrected chi connectivity index (χ0v) is 24.3. The number of ether oxygens (including phenoxy) is 1. The third-order valence-electron chi connectivity index (χ3n) is 6.74. The lowest BCUT2D eigenvalue weighted by molar-refractivity contribution is -0.140. The van der Waals surface area contributed by atoms with Crippen LogP contribution in [-0.2, 0) is 26.2 Å². The molecule has 1 N–H and O–H groups in total. The average molecular weight is 585 g/mol. The highest BCUT2D eigenvalue weighted by Gasteiger charge is 2.29. The van der Waals surface area contributed by atoms with Crippen molar-refractivity contribution in [1.29, 1.82) is 0 Å². The van der Waals surface area contributed by atoms with Crippen molar-refractivity contribution in [3.05, 3.63) is 58.1 Å². The average Bonchev–Trinajstić information content (AvgIpc) is 3.38. The molecule has 1 fully saturated rings. The number of carbonyl (C=O) groups excluding carboxylic acids is 2. The van der Waals surface area contributed by atoms with Gasteiger partial charge >= 0.3 is 0 Å². The van der Waals surface area contributed by atoms with Gasteiger partial charge in [-0.25, -0.2) is 8.42 Å². The molecule has 1 atom stereocenters. The Morgan fingerprint density at radius 1 is 1.11 bits per heavy atom. The van der Waals surface area contributed by atoms with Crippen molar-refractivity contribution in [2.75, 3.05) is 24.2 Å². The summed E-state index contributed by atoms with van der Waals surface area (Å²) in [5.41, 5.74) is 1.15. The van der Waals surface area contributed by atoms with Gasteiger partial charge < -0.3 is 15.0 Å². The van der Waals surface area contributed by atoms with E-state index in [4.69, 9.17) is 27.9 Å². The maximum Gasteiger partial charge on any atom is 0.242 e. The molecule has 1 aliphatic carbocycles.